The molecule has 0 radical (unpaired) electrons. The van der Waals surface area contributed by atoms with Gasteiger partial charge in [-0.15, -0.1) is 0 Å². The van der Waals surface area contributed by atoms with Gasteiger partial charge in [0.1, 0.15) is 0 Å². The number of rotatable bonds is 9. The van der Waals surface area contributed by atoms with E-state index in [1.54, 1.807) is 0 Å². The molecule has 0 atom stereocenters. The Labute approximate surface area is 96.7 Å². The summed E-state index contributed by atoms with van der Waals surface area (Å²) < 4.78 is 0. The van der Waals surface area contributed by atoms with Crippen LogP contribution in [0.25, 0.3) is 0 Å². The summed E-state index contributed by atoms with van der Waals surface area (Å²) >= 11 is 0. The topological polar surface area (TPSA) is 74.6 Å². The highest BCUT2D eigenvalue weighted by atomic mass is 16.4. The van der Waals surface area contributed by atoms with E-state index in [0.717, 1.165) is 19.3 Å². The Morgan fingerprint density at radius 2 is 1.31 bits per heavy atom. The molecule has 94 valence electrons. The average Bonchev–Trinajstić information content (AvgIpc) is 2.11. The van der Waals surface area contributed by atoms with Crippen LogP contribution in [0.2, 0.25) is 0 Å². The summed E-state index contributed by atoms with van der Waals surface area (Å²) in [6.07, 6.45) is 4.58. The Hall–Kier alpha value is -1.06. The van der Waals surface area contributed by atoms with Gasteiger partial charge in [0.25, 0.3) is 0 Å². The van der Waals surface area contributed by atoms with Gasteiger partial charge >= 0.3 is 11.9 Å². The molecule has 0 amide bonds. The van der Waals surface area contributed by atoms with E-state index in [4.69, 9.17) is 10.2 Å². The third-order valence-electron chi connectivity index (χ3n) is 2.74. The Kier molecular flexibility index (Phi) is 6.77. The standard InChI is InChI=1S/C12H22O4/c1-12(2,9-5-7-11(15)16)8-4-3-6-10(13)14/h3-9H2,1-2H3,(H,13,14)(H,15,16). The summed E-state index contributed by atoms with van der Waals surface area (Å²) in [7, 11) is 0. The van der Waals surface area contributed by atoms with Crippen molar-refractivity contribution < 1.29 is 19.8 Å². The van der Waals surface area contributed by atoms with Crippen LogP contribution in [0.3, 0.4) is 0 Å². The fraction of sp³-hybridized carbons (Fsp3) is 0.833. The quantitative estimate of drug-likeness (QED) is 0.597. The van der Waals surface area contributed by atoms with E-state index in [2.05, 4.69) is 13.8 Å². The molecule has 0 aromatic rings. The van der Waals surface area contributed by atoms with Crippen molar-refractivity contribution in [3.05, 3.63) is 0 Å². The second-order valence-corrected chi connectivity index (χ2v) is 5.01. The molecule has 4 nitrogen and oxygen atoms in total. The zero-order chi connectivity index (χ0) is 12.6. The molecule has 16 heavy (non-hydrogen) atoms. The normalized spacial score (nSPS) is 11.4. The summed E-state index contributed by atoms with van der Waals surface area (Å²) in [6, 6.07) is 0. The minimum absolute atomic E-state index is 0.119. The Bertz CT molecular complexity index is 233. The molecule has 2 N–H and O–H groups in total. The lowest BCUT2D eigenvalue weighted by molar-refractivity contribution is -0.138. The van der Waals surface area contributed by atoms with Crippen LogP contribution in [0.15, 0.2) is 0 Å². The van der Waals surface area contributed by atoms with Gasteiger partial charge < -0.3 is 10.2 Å². The van der Waals surface area contributed by atoms with Crippen LogP contribution in [0.5, 0.6) is 0 Å². The fourth-order valence-corrected chi connectivity index (χ4v) is 1.72. The summed E-state index contributed by atoms with van der Waals surface area (Å²) in [6.45, 7) is 4.21. The summed E-state index contributed by atoms with van der Waals surface area (Å²) in [4.78, 5) is 20.7. The minimum atomic E-state index is -0.748. The van der Waals surface area contributed by atoms with Crippen LogP contribution in [-0.4, -0.2) is 22.2 Å². The summed E-state index contributed by atoms with van der Waals surface area (Å²) in [5, 5.41) is 17.0. The maximum atomic E-state index is 10.4. The largest absolute Gasteiger partial charge is 0.481 e. The molecule has 0 aromatic carbocycles. The highest BCUT2D eigenvalue weighted by Gasteiger charge is 2.17. The van der Waals surface area contributed by atoms with Gasteiger partial charge in [-0.05, 0) is 31.1 Å². The predicted molar refractivity (Wildman–Crippen MR) is 61.4 cm³/mol. The van der Waals surface area contributed by atoms with Gasteiger partial charge in [-0.1, -0.05) is 20.3 Å². The van der Waals surface area contributed by atoms with Gasteiger partial charge in [0, 0.05) is 12.8 Å². The molecule has 4 heteroatoms. The van der Waals surface area contributed by atoms with E-state index in [1.165, 1.54) is 0 Å². The Morgan fingerprint density at radius 1 is 0.875 bits per heavy atom. The van der Waals surface area contributed by atoms with Crippen molar-refractivity contribution in [1.29, 1.82) is 0 Å². The van der Waals surface area contributed by atoms with Crippen molar-refractivity contribution in [2.45, 2.75) is 58.8 Å². The molecule has 0 aliphatic rings. The smallest absolute Gasteiger partial charge is 0.303 e. The molecule has 0 bridgehead atoms. The number of carboxylic acids is 2. The van der Waals surface area contributed by atoms with Gasteiger partial charge in [-0.2, -0.15) is 0 Å². The van der Waals surface area contributed by atoms with E-state index >= 15 is 0 Å². The first-order valence-corrected chi connectivity index (χ1v) is 5.77. The van der Waals surface area contributed by atoms with Gasteiger partial charge in [0.2, 0.25) is 0 Å². The van der Waals surface area contributed by atoms with E-state index in [-0.39, 0.29) is 18.3 Å². The van der Waals surface area contributed by atoms with Gasteiger partial charge in [0.05, 0.1) is 0 Å². The fourth-order valence-electron chi connectivity index (χ4n) is 1.72. The molecular formula is C12H22O4. The number of unbranched alkanes of at least 4 members (excludes halogenated alkanes) is 1. The Balaban J connectivity index is 3.61. The number of hydrogen-bond acceptors (Lipinski definition) is 2. The van der Waals surface area contributed by atoms with Crippen molar-refractivity contribution in [1.82, 2.24) is 0 Å². The molecular weight excluding hydrogens is 208 g/mol. The van der Waals surface area contributed by atoms with E-state index in [1.807, 2.05) is 0 Å². The van der Waals surface area contributed by atoms with Gasteiger partial charge in [-0.25, -0.2) is 0 Å². The highest BCUT2D eigenvalue weighted by molar-refractivity contribution is 5.66. The highest BCUT2D eigenvalue weighted by Crippen LogP contribution is 2.29. The number of aliphatic carboxylic acids is 2. The summed E-state index contributed by atoms with van der Waals surface area (Å²) in [5.41, 5.74) is 0.119. The zero-order valence-corrected chi connectivity index (χ0v) is 10.2. The van der Waals surface area contributed by atoms with Crippen LogP contribution in [0, 0.1) is 5.41 Å². The second-order valence-electron chi connectivity index (χ2n) is 5.01. The van der Waals surface area contributed by atoms with Crippen molar-refractivity contribution in [3.63, 3.8) is 0 Å². The number of hydrogen-bond donors (Lipinski definition) is 2. The van der Waals surface area contributed by atoms with Crippen LogP contribution in [-0.2, 0) is 9.59 Å². The average molecular weight is 230 g/mol. The lowest BCUT2D eigenvalue weighted by Gasteiger charge is -2.24. The molecule has 0 saturated heterocycles. The first-order chi connectivity index (χ1) is 7.33. The number of carbonyl (C=O) groups is 2. The minimum Gasteiger partial charge on any atom is -0.481 e. The van der Waals surface area contributed by atoms with Crippen LogP contribution in [0.4, 0.5) is 0 Å². The van der Waals surface area contributed by atoms with E-state index in [9.17, 15) is 9.59 Å². The monoisotopic (exact) mass is 230 g/mol. The predicted octanol–water partition coefficient (Wildman–Crippen LogP) is 2.91. The first-order valence-electron chi connectivity index (χ1n) is 5.77. The molecule has 0 aromatic heterocycles. The van der Waals surface area contributed by atoms with Crippen molar-refractivity contribution in [2.24, 2.45) is 5.41 Å². The van der Waals surface area contributed by atoms with Crippen LogP contribution >= 0.6 is 0 Å². The van der Waals surface area contributed by atoms with Gasteiger partial charge in [-0.3, -0.25) is 9.59 Å². The van der Waals surface area contributed by atoms with Crippen molar-refractivity contribution >= 4 is 11.9 Å². The SMILES string of the molecule is CC(C)(CCCCC(=O)O)CCCC(=O)O. The third-order valence-corrected chi connectivity index (χ3v) is 2.74. The van der Waals surface area contributed by atoms with Crippen molar-refractivity contribution in [3.8, 4) is 0 Å². The van der Waals surface area contributed by atoms with E-state index in [0.29, 0.717) is 12.8 Å². The third kappa shape index (κ3) is 9.49. The molecule has 0 rings (SSSR count). The number of carboxylic acid groups (broad SMARTS) is 2. The van der Waals surface area contributed by atoms with E-state index < -0.39 is 11.9 Å². The lowest BCUT2D eigenvalue weighted by Crippen LogP contribution is -2.12. The van der Waals surface area contributed by atoms with Gasteiger partial charge in [0.15, 0.2) is 0 Å². The molecule has 0 aliphatic carbocycles. The molecule has 0 aliphatic heterocycles. The van der Waals surface area contributed by atoms with Crippen LogP contribution in [0.1, 0.15) is 58.8 Å². The summed E-state index contributed by atoms with van der Waals surface area (Å²) in [5.74, 6) is -1.50. The molecule has 0 saturated carbocycles. The van der Waals surface area contributed by atoms with Crippen LogP contribution < -0.4 is 0 Å². The molecule has 0 unspecified atom stereocenters. The first kappa shape index (κ1) is 14.9. The lowest BCUT2D eigenvalue weighted by atomic mass is 9.82. The zero-order valence-electron chi connectivity index (χ0n) is 10.2. The molecule has 0 heterocycles. The second kappa shape index (κ2) is 7.25. The maximum absolute atomic E-state index is 10.4. The Morgan fingerprint density at radius 3 is 1.81 bits per heavy atom. The molecule has 0 spiro atoms. The van der Waals surface area contributed by atoms with Crippen molar-refractivity contribution in [2.75, 3.05) is 0 Å². The molecule has 0 fully saturated rings. The maximum Gasteiger partial charge on any atom is 0.303 e.